The second-order valence-electron chi connectivity index (χ2n) is 11.7. The molecule has 4 rings (SSSR count). The molecule has 0 bridgehead atoms. The maximum absolute atomic E-state index is 13.3. The van der Waals surface area contributed by atoms with Crippen molar-refractivity contribution in [3.8, 4) is 0 Å². The van der Waals surface area contributed by atoms with Crippen molar-refractivity contribution >= 4 is 0 Å². The van der Waals surface area contributed by atoms with Crippen molar-refractivity contribution in [1.82, 2.24) is 0 Å². The van der Waals surface area contributed by atoms with E-state index in [1.807, 2.05) is 60.7 Å². The Balaban J connectivity index is 0.000000681. The second-order valence-corrected chi connectivity index (χ2v) is 11.7. The van der Waals surface area contributed by atoms with E-state index in [1.165, 1.54) is 101 Å². The molecule has 0 N–H and O–H groups in total. The van der Waals surface area contributed by atoms with Gasteiger partial charge in [0.1, 0.15) is 0 Å². The molecule has 0 aliphatic heterocycles. The number of rotatable bonds is 18. The second kappa shape index (κ2) is 32.1. The van der Waals surface area contributed by atoms with Crippen molar-refractivity contribution in [2.45, 2.75) is 129 Å². The molecule has 256 valence electrons. The van der Waals surface area contributed by atoms with E-state index in [0.717, 1.165) is 25.7 Å². The van der Waals surface area contributed by atoms with Crippen molar-refractivity contribution in [3.63, 3.8) is 0 Å². The van der Waals surface area contributed by atoms with Crippen LogP contribution < -0.4 is 0 Å². The summed E-state index contributed by atoms with van der Waals surface area (Å²) in [5, 5.41) is 0. The van der Waals surface area contributed by atoms with Gasteiger partial charge in [0.05, 0.1) is 0 Å². The van der Waals surface area contributed by atoms with Crippen molar-refractivity contribution in [1.29, 1.82) is 0 Å². The molecule has 0 aliphatic carbocycles. The summed E-state index contributed by atoms with van der Waals surface area (Å²) in [4.78, 5) is 0. The van der Waals surface area contributed by atoms with Gasteiger partial charge in [-0.15, -0.1) is 35.4 Å². The number of halogens is 4. The standard InChI is InChI=1S/2C16H23F2.2C5H5.Ti/c2*1-2-3-4-5-6-7-8-9-10-14-11-12-15(17)13-16(14)18;2*1-2-4-5-3-1;/h2*11-12H,2-10H2,1H3;2*1-5H;/q4*-1;+4. The van der Waals surface area contributed by atoms with Crippen LogP contribution >= 0.6 is 0 Å². The SMILES string of the molecule is CCCCCCCCCCc1ccc(F)[c-]c1F.CCCCCCCCCCc1ccc(F)[c-]c1F.[Ti+4].c1cc[cH-]c1.c1cc[cH-]c1. The molecule has 0 heterocycles. The van der Waals surface area contributed by atoms with Crippen molar-refractivity contribution in [3.05, 3.63) is 131 Å². The molecule has 0 saturated heterocycles. The monoisotopic (exact) mass is 684 g/mol. The van der Waals surface area contributed by atoms with Crippen LogP contribution in [0.25, 0.3) is 0 Å². The van der Waals surface area contributed by atoms with E-state index in [9.17, 15) is 17.6 Å². The number of hydrogen-bond acceptors (Lipinski definition) is 0. The molecular formula is C42H56F4Ti. The van der Waals surface area contributed by atoms with Crippen molar-refractivity contribution in [2.75, 3.05) is 0 Å². The molecule has 0 aliphatic rings. The molecule has 5 heteroatoms. The summed E-state index contributed by atoms with van der Waals surface area (Å²) in [7, 11) is 0. The molecule has 0 radical (unpaired) electrons. The first-order chi connectivity index (χ1) is 22.5. The van der Waals surface area contributed by atoms with Gasteiger partial charge in [0, 0.05) is 23.3 Å². The van der Waals surface area contributed by atoms with Crippen molar-refractivity contribution in [2.24, 2.45) is 0 Å². The number of hydrogen-bond donors (Lipinski definition) is 0. The topological polar surface area (TPSA) is 0 Å². The Morgan fingerprint density at radius 1 is 0.447 bits per heavy atom. The average Bonchev–Trinajstić information content (AvgIpc) is 3.83. The first kappa shape index (κ1) is 44.6. The molecule has 0 nitrogen and oxygen atoms in total. The van der Waals surface area contributed by atoms with E-state index in [4.69, 9.17) is 0 Å². The predicted octanol–water partition coefficient (Wildman–Crippen LogP) is 13.7. The van der Waals surface area contributed by atoms with Gasteiger partial charge in [-0.1, -0.05) is 129 Å². The van der Waals surface area contributed by atoms with E-state index in [0.29, 0.717) is 24.0 Å². The van der Waals surface area contributed by atoms with Crippen LogP contribution in [0.3, 0.4) is 0 Å². The van der Waals surface area contributed by atoms with E-state index in [1.54, 1.807) is 0 Å². The van der Waals surface area contributed by atoms with Gasteiger partial charge in [-0.25, -0.2) is 41.8 Å². The van der Waals surface area contributed by atoms with E-state index in [2.05, 4.69) is 26.0 Å². The summed E-state index contributed by atoms with van der Waals surface area (Å²) >= 11 is 0. The van der Waals surface area contributed by atoms with Gasteiger partial charge in [0.15, 0.2) is 0 Å². The third-order valence-electron chi connectivity index (χ3n) is 7.59. The Labute approximate surface area is 299 Å². The Morgan fingerprint density at radius 3 is 1.00 bits per heavy atom. The fourth-order valence-electron chi connectivity index (χ4n) is 4.87. The quantitative estimate of drug-likeness (QED) is 0.0424. The Morgan fingerprint density at radius 2 is 0.745 bits per heavy atom. The van der Waals surface area contributed by atoms with Crippen LogP contribution in [0.15, 0.2) is 84.9 Å². The minimum Gasteiger partial charge on any atom is -0.236 e. The smallest absolute Gasteiger partial charge is 0.236 e. The fraction of sp³-hybridized carbons (Fsp3) is 0.476. The largest absolute Gasteiger partial charge is 4.00 e. The van der Waals surface area contributed by atoms with Gasteiger partial charge in [0.25, 0.3) is 0 Å². The molecule has 4 aromatic rings. The van der Waals surface area contributed by atoms with Gasteiger partial charge in [-0.3, -0.25) is 0 Å². The fourth-order valence-corrected chi connectivity index (χ4v) is 4.87. The zero-order chi connectivity index (χ0) is 33.5. The van der Waals surface area contributed by atoms with Crippen LogP contribution in [0.2, 0.25) is 0 Å². The van der Waals surface area contributed by atoms with Gasteiger partial charge in [-0.2, -0.15) is 48.5 Å². The van der Waals surface area contributed by atoms with Crippen LogP contribution in [0.1, 0.15) is 128 Å². The van der Waals surface area contributed by atoms with Gasteiger partial charge in [-0.05, 0) is 0 Å². The van der Waals surface area contributed by atoms with E-state index in [-0.39, 0.29) is 21.7 Å². The third kappa shape index (κ3) is 26.2. The van der Waals surface area contributed by atoms with Crippen LogP contribution in [0.5, 0.6) is 0 Å². The first-order valence-electron chi connectivity index (χ1n) is 17.5. The molecule has 47 heavy (non-hydrogen) atoms. The number of benzene rings is 2. The summed E-state index contributed by atoms with van der Waals surface area (Å²) in [6, 6.07) is 29.8. The average molecular weight is 685 g/mol. The normalized spacial score (nSPS) is 10.0. The van der Waals surface area contributed by atoms with Crippen LogP contribution in [0, 0.1) is 35.4 Å². The van der Waals surface area contributed by atoms with Gasteiger partial charge >= 0.3 is 21.7 Å². The Kier molecular flexibility index (Phi) is 30.5. The minimum atomic E-state index is -0.618. The Bertz CT molecular complexity index is 1040. The van der Waals surface area contributed by atoms with Crippen molar-refractivity contribution < 1.29 is 39.3 Å². The molecule has 0 atom stereocenters. The zero-order valence-corrected chi connectivity index (χ0v) is 30.4. The molecule has 0 spiro atoms. The van der Waals surface area contributed by atoms with E-state index < -0.39 is 23.3 Å². The zero-order valence-electron chi connectivity index (χ0n) is 28.8. The predicted molar refractivity (Wildman–Crippen MR) is 187 cm³/mol. The molecule has 0 amide bonds. The molecule has 0 fully saturated rings. The minimum absolute atomic E-state index is 0. The first-order valence-corrected chi connectivity index (χ1v) is 17.5. The molecule has 4 aromatic carbocycles. The third-order valence-corrected chi connectivity index (χ3v) is 7.59. The maximum atomic E-state index is 13.3. The van der Waals surface area contributed by atoms with Crippen LogP contribution in [0.4, 0.5) is 17.6 Å². The van der Waals surface area contributed by atoms with Crippen LogP contribution in [-0.2, 0) is 34.6 Å². The molecule has 0 saturated carbocycles. The molecule has 0 unspecified atom stereocenters. The summed E-state index contributed by atoms with van der Waals surface area (Å²) in [6.45, 7) is 4.43. The van der Waals surface area contributed by atoms with Gasteiger partial charge in [0.2, 0.25) is 0 Å². The summed E-state index contributed by atoms with van der Waals surface area (Å²) in [5.41, 5.74) is 1.17. The summed E-state index contributed by atoms with van der Waals surface area (Å²) < 4.78 is 51.8. The summed E-state index contributed by atoms with van der Waals surface area (Å²) in [6.07, 6.45) is 21.1. The summed E-state index contributed by atoms with van der Waals surface area (Å²) in [5.74, 6) is -2.30. The maximum Gasteiger partial charge on any atom is 4.00 e. The number of aryl methyl sites for hydroxylation is 2. The molecule has 0 aromatic heterocycles. The number of unbranched alkanes of at least 4 members (excludes halogenated alkanes) is 14. The molecular weight excluding hydrogens is 628 g/mol. The van der Waals surface area contributed by atoms with E-state index >= 15 is 0 Å². The van der Waals surface area contributed by atoms with Crippen LogP contribution in [-0.4, -0.2) is 0 Å². The Hall–Kier alpha value is -2.43. The van der Waals surface area contributed by atoms with Gasteiger partial charge < -0.3 is 0 Å².